The van der Waals surface area contributed by atoms with Crippen molar-refractivity contribution in [1.82, 2.24) is 9.88 Å². The molecule has 0 aliphatic carbocycles. The van der Waals surface area contributed by atoms with Crippen molar-refractivity contribution in [2.24, 2.45) is 0 Å². The summed E-state index contributed by atoms with van der Waals surface area (Å²) in [4.78, 5) is 21.0. The predicted molar refractivity (Wildman–Crippen MR) is 89.6 cm³/mol. The van der Waals surface area contributed by atoms with Gasteiger partial charge in [-0.1, -0.05) is 6.07 Å². The van der Waals surface area contributed by atoms with Crippen LogP contribution in [-0.2, 0) is 4.79 Å². The highest BCUT2D eigenvalue weighted by Crippen LogP contribution is 2.21. The summed E-state index contributed by atoms with van der Waals surface area (Å²) in [6.45, 7) is 4.92. The Labute approximate surface area is 136 Å². The molecule has 1 unspecified atom stereocenters. The fourth-order valence-electron chi connectivity index (χ4n) is 2.88. The lowest BCUT2D eigenvalue weighted by molar-refractivity contribution is -0.132. The molecule has 1 aromatic heterocycles. The summed E-state index contributed by atoms with van der Waals surface area (Å²) in [6, 6.07) is 12.9. The Hall–Kier alpha value is -2.56. The van der Waals surface area contributed by atoms with E-state index in [1.54, 1.807) is 18.3 Å². The predicted octanol–water partition coefficient (Wildman–Crippen LogP) is 2.24. The molecular formula is C18H21N3O2. The number of carbonyl (C=O) groups is 1. The molecule has 1 aliphatic rings. The third-order valence-corrected chi connectivity index (χ3v) is 4.31. The van der Waals surface area contributed by atoms with Crippen LogP contribution in [0.4, 0.5) is 5.69 Å². The van der Waals surface area contributed by atoms with Crippen LogP contribution in [0, 0.1) is 0 Å². The Morgan fingerprint density at radius 1 is 1.09 bits per heavy atom. The zero-order valence-electron chi connectivity index (χ0n) is 13.2. The van der Waals surface area contributed by atoms with E-state index in [0.717, 1.165) is 24.5 Å². The van der Waals surface area contributed by atoms with Crippen molar-refractivity contribution in [2.75, 3.05) is 31.1 Å². The van der Waals surface area contributed by atoms with E-state index < -0.39 is 0 Å². The van der Waals surface area contributed by atoms with E-state index in [1.165, 1.54) is 0 Å². The molecule has 5 heteroatoms. The van der Waals surface area contributed by atoms with Gasteiger partial charge < -0.3 is 14.9 Å². The highest BCUT2D eigenvalue weighted by Gasteiger charge is 2.26. The van der Waals surface area contributed by atoms with E-state index in [0.29, 0.717) is 13.1 Å². The van der Waals surface area contributed by atoms with Crippen LogP contribution in [0.25, 0.3) is 0 Å². The SMILES string of the molecule is CC(C(=O)N1CCN(c2ccc(O)cc2)CC1)c1ccccn1. The summed E-state index contributed by atoms with van der Waals surface area (Å²) >= 11 is 0. The molecule has 1 amide bonds. The van der Waals surface area contributed by atoms with Gasteiger partial charge in [-0.05, 0) is 43.3 Å². The van der Waals surface area contributed by atoms with Crippen molar-refractivity contribution in [3.63, 3.8) is 0 Å². The lowest BCUT2D eigenvalue weighted by atomic mass is 10.0. The van der Waals surface area contributed by atoms with E-state index in [9.17, 15) is 9.90 Å². The summed E-state index contributed by atoms with van der Waals surface area (Å²) < 4.78 is 0. The maximum atomic E-state index is 12.6. The van der Waals surface area contributed by atoms with Gasteiger partial charge in [-0.15, -0.1) is 0 Å². The molecule has 1 aromatic carbocycles. The minimum atomic E-state index is -0.212. The molecule has 3 rings (SSSR count). The second-order valence-electron chi connectivity index (χ2n) is 5.81. The number of hydrogen-bond acceptors (Lipinski definition) is 4. The van der Waals surface area contributed by atoms with Gasteiger partial charge >= 0.3 is 0 Å². The summed E-state index contributed by atoms with van der Waals surface area (Å²) in [5, 5.41) is 9.36. The Morgan fingerprint density at radius 2 is 1.78 bits per heavy atom. The van der Waals surface area contributed by atoms with Crippen molar-refractivity contribution in [2.45, 2.75) is 12.8 Å². The van der Waals surface area contributed by atoms with Crippen LogP contribution < -0.4 is 4.90 Å². The first-order valence-electron chi connectivity index (χ1n) is 7.89. The number of nitrogens with zero attached hydrogens (tertiary/aromatic N) is 3. The highest BCUT2D eigenvalue weighted by molar-refractivity contribution is 5.83. The molecule has 0 saturated carbocycles. The van der Waals surface area contributed by atoms with Gasteiger partial charge in [0.1, 0.15) is 5.75 Å². The number of rotatable bonds is 3. The first kappa shape index (κ1) is 15.3. The topological polar surface area (TPSA) is 56.7 Å². The standard InChI is InChI=1S/C18H21N3O2/c1-14(17-4-2-3-9-19-17)18(23)21-12-10-20(11-13-21)15-5-7-16(22)8-6-15/h2-9,14,22H,10-13H2,1H3. The summed E-state index contributed by atoms with van der Waals surface area (Å²) in [5.41, 5.74) is 1.89. The Balaban J connectivity index is 1.60. The van der Waals surface area contributed by atoms with Crippen LogP contribution in [0.15, 0.2) is 48.7 Å². The maximum Gasteiger partial charge on any atom is 0.231 e. The number of benzene rings is 1. The number of carbonyl (C=O) groups excluding carboxylic acids is 1. The van der Waals surface area contributed by atoms with Gasteiger partial charge in [0.15, 0.2) is 0 Å². The lowest BCUT2D eigenvalue weighted by Gasteiger charge is -2.37. The Kier molecular flexibility index (Phi) is 4.46. The monoisotopic (exact) mass is 311 g/mol. The molecule has 1 fully saturated rings. The number of piperazine rings is 1. The van der Waals surface area contributed by atoms with Crippen molar-refractivity contribution in [1.29, 1.82) is 0 Å². The summed E-state index contributed by atoms with van der Waals surface area (Å²) in [6.07, 6.45) is 1.72. The third-order valence-electron chi connectivity index (χ3n) is 4.31. The maximum absolute atomic E-state index is 12.6. The number of pyridine rings is 1. The lowest BCUT2D eigenvalue weighted by Crippen LogP contribution is -2.49. The molecule has 2 heterocycles. The van der Waals surface area contributed by atoms with Gasteiger partial charge in [0.25, 0.3) is 0 Å². The molecule has 0 bridgehead atoms. The quantitative estimate of drug-likeness (QED) is 0.944. The van der Waals surface area contributed by atoms with Gasteiger partial charge in [0.05, 0.1) is 11.6 Å². The molecule has 5 nitrogen and oxygen atoms in total. The van der Waals surface area contributed by atoms with Crippen LogP contribution in [0.1, 0.15) is 18.5 Å². The van der Waals surface area contributed by atoms with E-state index in [-0.39, 0.29) is 17.6 Å². The Bertz CT molecular complexity index is 650. The first-order valence-corrected chi connectivity index (χ1v) is 7.89. The van der Waals surface area contributed by atoms with Crippen LogP contribution in [0.2, 0.25) is 0 Å². The molecule has 23 heavy (non-hydrogen) atoms. The van der Waals surface area contributed by atoms with E-state index in [1.807, 2.05) is 42.2 Å². The molecule has 0 spiro atoms. The van der Waals surface area contributed by atoms with Crippen molar-refractivity contribution in [3.05, 3.63) is 54.4 Å². The minimum Gasteiger partial charge on any atom is -0.508 e. The Morgan fingerprint density at radius 3 is 2.39 bits per heavy atom. The van der Waals surface area contributed by atoms with Gasteiger partial charge in [0, 0.05) is 38.1 Å². The highest BCUT2D eigenvalue weighted by atomic mass is 16.3. The fraction of sp³-hybridized carbons (Fsp3) is 0.333. The van der Waals surface area contributed by atoms with Crippen LogP contribution in [-0.4, -0.2) is 47.1 Å². The number of anilines is 1. The number of aromatic hydroxyl groups is 1. The summed E-state index contributed by atoms with van der Waals surface area (Å²) in [5.74, 6) is 0.192. The average molecular weight is 311 g/mol. The van der Waals surface area contributed by atoms with Gasteiger partial charge in [-0.25, -0.2) is 0 Å². The van der Waals surface area contributed by atoms with Crippen molar-refractivity contribution in [3.8, 4) is 5.75 Å². The molecule has 1 aliphatic heterocycles. The van der Waals surface area contributed by atoms with E-state index >= 15 is 0 Å². The molecule has 1 N–H and O–H groups in total. The zero-order chi connectivity index (χ0) is 16.2. The molecule has 0 radical (unpaired) electrons. The molecule has 1 atom stereocenters. The van der Waals surface area contributed by atoms with Gasteiger partial charge in [0.2, 0.25) is 5.91 Å². The van der Waals surface area contributed by atoms with E-state index in [2.05, 4.69) is 9.88 Å². The van der Waals surface area contributed by atoms with Crippen LogP contribution in [0.3, 0.4) is 0 Å². The van der Waals surface area contributed by atoms with Gasteiger partial charge in [-0.3, -0.25) is 9.78 Å². The second-order valence-corrected chi connectivity index (χ2v) is 5.81. The number of amides is 1. The molecular weight excluding hydrogens is 290 g/mol. The number of phenolic OH excluding ortho intramolecular Hbond substituents is 1. The van der Waals surface area contributed by atoms with Crippen molar-refractivity contribution >= 4 is 11.6 Å². The summed E-state index contributed by atoms with van der Waals surface area (Å²) in [7, 11) is 0. The number of phenols is 1. The number of hydrogen-bond donors (Lipinski definition) is 1. The zero-order valence-corrected chi connectivity index (χ0v) is 13.2. The van der Waals surface area contributed by atoms with E-state index in [4.69, 9.17) is 0 Å². The molecule has 1 saturated heterocycles. The normalized spacial score (nSPS) is 16.2. The smallest absolute Gasteiger partial charge is 0.231 e. The minimum absolute atomic E-state index is 0.133. The molecule has 120 valence electrons. The first-order chi connectivity index (χ1) is 11.1. The fourth-order valence-corrected chi connectivity index (χ4v) is 2.88. The number of aromatic nitrogens is 1. The van der Waals surface area contributed by atoms with Crippen LogP contribution in [0.5, 0.6) is 5.75 Å². The van der Waals surface area contributed by atoms with Crippen LogP contribution >= 0.6 is 0 Å². The van der Waals surface area contributed by atoms with Crippen molar-refractivity contribution < 1.29 is 9.90 Å². The van der Waals surface area contributed by atoms with Gasteiger partial charge in [-0.2, -0.15) is 0 Å². The third kappa shape index (κ3) is 3.44. The second kappa shape index (κ2) is 6.69. The largest absolute Gasteiger partial charge is 0.508 e. The molecule has 2 aromatic rings. The average Bonchev–Trinajstić information content (AvgIpc) is 2.62.